The fourth-order valence-corrected chi connectivity index (χ4v) is 5.22. The fourth-order valence-electron chi connectivity index (χ4n) is 3.93. The van der Waals surface area contributed by atoms with Crippen molar-refractivity contribution in [2.45, 2.75) is 39.5 Å². The highest BCUT2D eigenvalue weighted by Crippen LogP contribution is 2.34. The number of amides is 1. The number of carboxylic acids is 1. The Morgan fingerprint density at radius 3 is 2.61 bits per heavy atom. The van der Waals surface area contributed by atoms with Crippen LogP contribution in [-0.2, 0) is 9.59 Å². The second-order valence-electron chi connectivity index (χ2n) is 8.53. The largest absolute Gasteiger partial charge is 0.481 e. The Balaban J connectivity index is 1.66. The zero-order valence-corrected chi connectivity index (χ0v) is 21.5. The van der Waals surface area contributed by atoms with Crippen LogP contribution in [0.4, 0.5) is 0 Å². The van der Waals surface area contributed by atoms with Crippen LogP contribution < -0.4 is 10.3 Å². The third kappa shape index (κ3) is 5.83. The van der Waals surface area contributed by atoms with Crippen molar-refractivity contribution in [3.63, 3.8) is 0 Å². The van der Waals surface area contributed by atoms with E-state index in [0.717, 1.165) is 22.9 Å². The number of thioether (sulfide) groups is 1. The topological polar surface area (TPSA) is 101 Å². The maximum Gasteiger partial charge on any atom is 0.303 e. The summed E-state index contributed by atoms with van der Waals surface area (Å²) >= 11 is 6.53. The molecular formula is C26H25N3O5S2. The van der Waals surface area contributed by atoms with Crippen LogP contribution in [0, 0.1) is 13.8 Å². The van der Waals surface area contributed by atoms with Crippen molar-refractivity contribution in [3.8, 4) is 11.6 Å². The lowest BCUT2D eigenvalue weighted by Gasteiger charge is -2.14. The first-order valence-electron chi connectivity index (χ1n) is 11.5. The third-order valence-corrected chi connectivity index (χ3v) is 6.94. The van der Waals surface area contributed by atoms with Gasteiger partial charge in [0.25, 0.3) is 11.5 Å². The van der Waals surface area contributed by atoms with Gasteiger partial charge in [-0.25, -0.2) is 0 Å². The highest BCUT2D eigenvalue weighted by molar-refractivity contribution is 8.26. The predicted molar refractivity (Wildman–Crippen MR) is 143 cm³/mol. The van der Waals surface area contributed by atoms with Gasteiger partial charge in [0.15, 0.2) is 0 Å². The molecule has 0 saturated carbocycles. The Kier molecular flexibility index (Phi) is 7.85. The van der Waals surface area contributed by atoms with Gasteiger partial charge in [-0.3, -0.25) is 23.7 Å². The van der Waals surface area contributed by atoms with Crippen molar-refractivity contribution in [2.24, 2.45) is 0 Å². The molecule has 1 amide bonds. The van der Waals surface area contributed by atoms with Gasteiger partial charge in [-0.2, -0.15) is 4.98 Å². The van der Waals surface area contributed by atoms with E-state index in [-0.39, 0.29) is 29.3 Å². The van der Waals surface area contributed by atoms with Gasteiger partial charge in [0.2, 0.25) is 5.88 Å². The smallest absolute Gasteiger partial charge is 0.303 e. The van der Waals surface area contributed by atoms with E-state index in [1.165, 1.54) is 15.4 Å². The first-order valence-corrected chi connectivity index (χ1v) is 12.7. The molecule has 1 aromatic carbocycles. The average molecular weight is 524 g/mol. The number of hydrogen-bond donors (Lipinski definition) is 1. The summed E-state index contributed by atoms with van der Waals surface area (Å²) < 4.78 is 7.89. The van der Waals surface area contributed by atoms with E-state index in [1.807, 2.05) is 32.0 Å². The minimum atomic E-state index is -0.835. The molecule has 1 aliphatic rings. The molecule has 186 valence electrons. The number of thiocarbonyl (C=S) groups is 1. The number of ether oxygens (including phenoxy) is 1. The number of aryl methyl sites for hydroxylation is 2. The Bertz CT molecular complexity index is 1430. The highest BCUT2D eigenvalue weighted by atomic mass is 32.2. The normalized spacial score (nSPS) is 14.7. The highest BCUT2D eigenvalue weighted by Gasteiger charge is 2.32. The van der Waals surface area contributed by atoms with E-state index >= 15 is 0 Å². The predicted octanol–water partition coefficient (Wildman–Crippen LogP) is 4.95. The van der Waals surface area contributed by atoms with Crippen LogP contribution in [-0.4, -0.2) is 42.1 Å². The standard InChI is InChI=1S/C26H25N3O5S2/c1-16-12-17(2)14-18(13-16)34-23-19(24(32)28-10-7-5-8-21(28)27-23)15-20-25(33)29(26(35)36-20)11-6-3-4-9-22(30)31/h5,7-8,10,12-15H,3-4,6,9,11H2,1-2H3,(H,30,31)/b20-15+. The van der Waals surface area contributed by atoms with E-state index in [0.29, 0.717) is 46.4 Å². The van der Waals surface area contributed by atoms with Crippen molar-refractivity contribution in [1.82, 2.24) is 14.3 Å². The molecule has 0 aliphatic carbocycles. The summed E-state index contributed by atoms with van der Waals surface area (Å²) in [6.07, 6.45) is 5.06. The minimum absolute atomic E-state index is 0.0977. The summed E-state index contributed by atoms with van der Waals surface area (Å²) in [5, 5.41) is 8.78. The maximum atomic E-state index is 13.4. The summed E-state index contributed by atoms with van der Waals surface area (Å²) in [6.45, 7) is 4.30. The molecule has 8 nitrogen and oxygen atoms in total. The van der Waals surface area contributed by atoms with Crippen molar-refractivity contribution in [1.29, 1.82) is 0 Å². The van der Waals surface area contributed by atoms with Crippen LogP contribution >= 0.6 is 24.0 Å². The summed E-state index contributed by atoms with van der Waals surface area (Å²) in [5.41, 5.74) is 2.23. The number of fused-ring (bicyclic) bond motifs is 1. The lowest BCUT2D eigenvalue weighted by Crippen LogP contribution is -2.29. The van der Waals surface area contributed by atoms with Gasteiger partial charge in [-0.15, -0.1) is 0 Å². The summed E-state index contributed by atoms with van der Waals surface area (Å²) in [4.78, 5) is 43.6. The molecule has 0 spiro atoms. The first kappa shape index (κ1) is 25.6. The van der Waals surface area contributed by atoms with Crippen LogP contribution in [0.25, 0.3) is 11.7 Å². The molecule has 36 heavy (non-hydrogen) atoms. The number of hydrogen-bond acceptors (Lipinski definition) is 7. The van der Waals surface area contributed by atoms with Gasteiger partial charge >= 0.3 is 5.97 Å². The number of pyridine rings is 1. The quantitative estimate of drug-likeness (QED) is 0.239. The second kappa shape index (κ2) is 11.0. The van der Waals surface area contributed by atoms with Crippen LogP contribution in [0.5, 0.6) is 11.6 Å². The molecule has 3 heterocycles. The number of aromatic nitrogens is 2. The molecule has 10 heteroatoms. The summed E-state index contributed by atoms with van der Waals surface area (Å²) in [6, 6.07) is 11.0. The molecule has 1 aliphatic heterocycles. The minimum Gasteiger partial charge on any atom is -0.481 e. The first-order chi connectivity index (χ1) is 17.2. The maximum absolute atomic E-state index is 13.4. The lowest BCUT2D eigenvalue weighted by atomic mass is 10.1. The van der Waals surface area contributed by atoms with E-state index in [9.17, 15) is 14.4 Å². The van der Waals surface area contributed by atoms with E-state index < -0.39 is 5.97 Å². The van der Waals surface area contributed by atoms with Crippen molar-refractivity contribution in [2.75, 3.05) is 6.54 Å². The van der Waals surface area contributed by atoms with Gasteiger partial charge in [0.05, 0.1) is 4.91 Å². The number of nitrogens with zero attached hydrogens (tertiary/aromatic N) is 3. The Labute approximate surface area is 217 Å². The number of carbonyl (C=O) groups excluding carboxylic acids is 1. The van der Waals surface area contributed by atoms with E-state index in [1.54, 1.807) is 24.4 Å². The van der Waals surface area contributed by atoms with E-state index in [2.05, 4.69) is 4.98 Å². The average Bonchev–Trinajstić information content (AvgIpc) is 3.07. The molecule has 0 bridgehead atoms. The Morgan fingerprint density at radius 2 is 1.89 bits per heavy atom. The molecule has 4 rings (SSSR count). The lowest BCUT2D eigenvalue weighted by molar-refractivity contribution is -0.137. The Morgan fingerprint density at radius 1 is 1.14 bits per heavy atom. The number of benzene rings is 1. The summed E-state index contributed by atoms with van der Waals surface area (Å²) in [5.74, 6) is -0.478. The Hall–Kier alpha value is -3.50. The van der Waals surface area contributed by atoms with E-state index in [4.69, 9.17) is 22.1 Å². The molecule has 2 aromatic heterocycles. The van der Waals surface area contributed by atoms with Crippen LogP contribution in [0.2, 0.25) is 0 Å². The van der Waals surface area contributed by atoms with Crippen LogP contribution in [0.15, 0.2) is 52.3 Å². The zero-order chi connectivity index (χ0) is 25.8. The van der Waals surface area contributed by atoms with Gasteiger partial charge in [0.1, 0.15) is 21.3 Å². The number of carboxylic acid groups (broad SMARTS) is 1. The monoisotopic (exact) mass is 523 g/mol. The molecule has 0 radical (unpaired) electrons. The number of unbranched alkanes of at least 4 members (excludes halogenated alkanes) is 2. The number of aliphatic carboxylic acids is 1. The molecule has 1 N–H and O–H groups in total. The third-order valence-electron chi connectivity index (χ3n) is 5.57. The molecule has 0 unspecified atom stereocenters. The SMILES string of the molecule is Cc1cc(C)cc(Oc2nc3ccccn3c(=O)c2/C=C2/SC(=S)N(CCCCCC(=O)O)C2=O)c1. The molecular weight excluding hydrogens is 498 g/mol. The number of carbonyl (C=O) groups is 2. The van der Waals surface area contributed by atoms with Crippen molar-refractivity contribution >= 4 is 51.9 Å². The zero-order valence-electron chi connectivity index (χ0n) is 19.9. The molecule has 0 atom stereocenters. The van der Waals surface area contributed by atoms with Crippen LogP contribution in [0.1, 0.15) is 42.4 Å². The molecule has 1 fully saturated rings. The summed E-state index contributed by atoms with van der Waals surface area (Å²) in [7, 11) is 0. The van der Waals surface area contributed by atoms with Gasteiger partial charge in [-0.1, -0.05) is 42.5 Å². The van der Waals surface area contributed by atoms with Gasteiger partial charge in [0, 0.05) is 19.2 Å². The fraction of sp³-hybridized carbons (Fsp3) is 0.269. The second-order valence-corrected chi connectivity index (χ2v) is 10.2. The molecule has 3 aromatic rings. The van der Waals surface area contributed by atoms with Crippen molar-refractivity contribution in [3.05, 3.63) is 74.5 Å². The molecule has 1 saturated heterocycles. The van der Waals surface area contributed by atoms with Gasteiger partial charge in [-0.05, 0) is 68.2 Å². The van der Waals surface area contributed by atoms with Crippen molar-refractivity contribution < 1.29 is 19.4 Å². The van der Waals surface area contributed by atoms with Gasteiger partial charge < -0.3 is 9.84 Å². The van der Waals surface area contributed by atoms with Crippen LogP contribution in [0.3, 0.4) is 0 Å². The number of rotatable bonds is 9.